The van der Waals surface area contributed by atoms with Crippen LogP contribution >= 0.6 is 0 Å². The summed E-state index contributed by atoms with van der Waals surface area (Å²) in [5.41, 5.74) is 16.5. The molecule has 0 radical (unpaired) electrons. The Kier molecular flexibility index (Phi) is 10.3. The maximum atomic E-state index is 14.3. The highest BCUT2D eigenvalue weighted by Crippen LogP contribution is 2.48. The van der Waals surface area contributed by atoms with Gasteiger partial charge in [-0.15, -0.1) is 0 Å². The molecule has 0 amide bonds. The average molecular weight is 711 g/mol. The van der Waals surface area contributed by atoms with Gasteiger partial charge in [0, 0.05) is 9.79 Å². The molecule has 0 aromatic heterocycles. The van der Waals surface area contributed by atoms with Crippen molar-refractivity contribution in [1.29, 1.82) is 0 Å². The third-order valence-electron chi connectivity index (χ3n) is 12.7. The second-order valence-corrected chi connectivity index (χ2v) is 19.8. The molecular weight excluding hydrogens is 649 g/mol. The lowest BCUT2D eigenvalue weighted by atomic mass is 9.63. The van der Waals surface area contributed by atoms with Crippen molar-refractivity contribution in [3.8, 4) is 0 Å². The van der Waals surface area contributed by atoms with E-state index in [4.69, 9.17) is 0 Å². The quantitative estimate of drug-likeness (QED) is 0.166. The zero-order valence-electron chi connectivity index (χ0n) is 34.1. The van der Waals surface area contributed by atoms with Gasteiger partial charge in [0.1, 0.15) is 0 Å². The second kappa shape index (κ2) is 14.1. The zero-order chi connectivity index (χ0) is 37.8. The highest BCUT2D eigenvalue weighted by Gasteiger charge is 2.38. The first-order valence-electron chi connectivity index (χ1n) is 19.7. The minimum atomic E-state index is -1.26. The first-order valence-corrected chi connectivity index (χ1v) is 20.9. The van der Waals surface area contributed by atoms with Crippen molar-refractivity contribution in [2.24, 2.45) is 0 Å². The number of aryl methyl sites for hydroxylation is 2. The molecule has 0 N–H and O–H groups in total. The third kappa shape index (κ3) is 7.35. The van der Waals surface area contributed by atoms with E-state index >= 15 is 0 Å². The largest absolute Gasteiger partial charge is 0.249 e. The molecular formula is C50H62OS. The van der Waals surface area contributed by atoms with E-state index in [-0.39, 0.29) is 21.7 Å². The number of benzene rings is 4. The van der Waals surface area contributed by atoms with Gasteiger partial charge in [-0.1, -0.05) is 142 Å². The molecule has 6 rings (SSSR count). The predicted molar refractivity (Wildman–Crippen MR) is 227 cm³/mol. The van der Waals surface area contributed by atoms with E-state index in [1.165, 1.54) is 70.2 Å². The number of rotatable bonds is 8. The molecule has 0 unspecified atom stereocenters. The fourth-order valence-corrected chi connectivity index (χ4v) is 10.2. The number of fused-ring (bicyclic) bond motifs is 2. The highest BCUT2D eigenvalue weighted by atomic mass is 32.2. The van der Waals surface area contributed by atoms with Crippen molar-refractivity contribution < 1.29 is 4.21 Å². The fourth-order valence-electron chi connectivity index (χ4n) is 8.75. The molecule has 0 saturated carbocycles. The van der Waals surface area contributed by atoms with E-state index in [1.54, 1.807) is 0 Å². The predicted octanol–water partition coefficient (Wildman–Crippen LogP) is 13.8. The zero-order valence-corrected chi connectivity index (χ0v) is 35.0. The molecule has 274 valence electrons. The van der Waals surface area contributed by atoms with E-state index in [9.17, 15) is 4.21 Å². The van der Waals surface area contributed by atoms with Gasteiger partial charge in [-0.25, -0.2) is 4.21 Å². The molecule has 0 heterocycles. The third-order valence-corrected chi connectivity index (χ3v) is 14.3. The number of allylic oxidation sites excluding steroid dienone is 2. The molecule has 52 heavy (non-hydrogen) atoms. The Balaban J connectivity index is 1.26. The van der Waals surface area contributed by atoms with Gasteiger partial charge in [-0.05, 0) is 153 Å². The van der Waals surface area contributed by atoms with Crippen LogP contribution in [0.2, 0.25) is 0 Å². The summed E-state index contributed by atoms with van der Waals surface area (Å²) in [7, 11) is -1.26. The Morgan fingerprint density at radius 1 is 0.519 bits per heavy atom. The SMILES string of the molecule is CCc1cc(C=C(C)c2ccc3c(c2)C(C)(C)CCC3(C)C)ccc1S(=O)c1ccc(C=C(C)c2ccc3c(c2)C(C)(C)CCC3(C)C)cc1CC. The van der Waals surface area contributed by atoms with Crippen LogP contribution in [0.25, 0.3) is 23.3 Å². The van der Waals surface area contributed by atoms with Gasteiger partial charge in [0.2, 0.25) is 0 Å². The topological polar surface area (TPSA) is 17.1 Å². The summed E-state index contributed by atoms with van der Waals surface area (Å²) in [5.74, 6) is 0. The van der Waals surface area contributed by atoms with Crippen molar-refractivity contribution in [2.45, 2.75) is 153 Å². The van der Waals surface area contributed by atoms with Gasteiger partial charge in [-0.2, -0.15) is 0 Å². The Morgan fingerprint density at radius 2 is 0.865 bits per heavy atom. The van der Waals surface area contributed by atoms with Gasteiger partial charge in [0.05, 0.1) is 10.8 Å². The average Bonchev–Trinajstić information content (AvgIpc) is 3.11. The molecule has 4 aromatic carbocycles. The van der Waals surface area contributed by atoms with Crippen LogP contribution in [0.4, 0.5) is 0 Å². The first-order chi connectivity index (χ1) is 24.4. The van der Waals surface area contributed by atoms with Gasteiger partial charge < -0.3 is 0 Å². The van der Waals surface area contributed by atoms with Crippen LogP contribution in [0.5, 0.6) is 0 Å². The van der Waals surface area contributed by atoms with E-state index in [2.05, 4.69) is 168 Å². The van der Waals surface area contributed by atoms with Gasteiger partial charge in [0.25, 0.3) is 0 Å². The lowest BCUT2D eigenvalue weighted by molar-refractivity contribution is 0.332. The Bertz CT molecular complexity index is 1950. The molecule has 2 heteroatoms. The minimum Gasteiger partial charge on any atom is -0.249 e. The summed E-state index contributed by atoms with van der Waals surface area (Å²) < 4.78 is 14.3. The van der Waals surface area contributed by atoms with Crippen LogP contribution in [0.1, 0.15) is 164 Å². The molecule has 1 nitrogen and oxygen atoms in total. The Hall–Kier alpha value is -3.49. The van der Waals surface area contributed by atoms with Gasteiger partial charge in [-0.3, -0.25) is 0 Å². The summed E-state index contributed by atoms with van der Waals surface area (Å²) in [6.45, 7) is 27.9. The molecule has 2 aliphatic carbocycles. The van der Waals surface area contributed by atoms with Gasteiger partial charge in [0.15, 0.2) is 0 Å². The number of hydrogen-bond donors (Lipinski definition) is 0. The van der Waals surface area contributed by atoms with Crippen LogP contribution in [0.3, 0.4) is 0 Å². The minimum absolute atomic E-state index is 0.184. The van der Waals surface area contributed by atoms with Crippen molar-refractivity contribution in [3.05, 3.63) is 128 Å². The lowest BCUT2D eigenvalue weighted by Crippen LogP contribution is -2.33. The normalized spacial score (nSPS) is 19.5. The van der Waals surface area contributed by atoms with E-state index in [0.717, 1.165) is 44.9 Å². The Labute approximate surface area is 318 Å². The fraction of sp³-hybridized carbons (Fsp3) is 0.440. The molecule has 0 aliphatic heterocycles. The summed E-state index contributed by atoms with van der Waals surface area (Å²) in [6, 6.07) is 27.2. The molecule has 0 fully saturated rings. The van der Waals surface area contributed by atoms with Crippen molar-refractivity contribution in [1.82, 2.24) is 0 Å². The van der Waals surface area contributed by atoms with Crippen LogP contribution < -0.4 is 0 Å². The molecule has 0 atom stereocenters. The Morgan fingerprint density at radius 3 is 1.21 bits per heavy atom. The molecule has 0 bridgehead atoms. The van der Waals surface area contributed by atoms with E-state index in [0.29, 0.717) is 0 Å². The van der Waals surface area contributed by atoms with E-state index in [1.807, 2.05) is 0 Å². The maximum absolute atomic E-state index is 14.3. The summed E-state index contributed by atoms with van der Waals surface area (Å²) in [6.07, 6.45) is 11.1. The summed E-state index contributed by atoms with van der Waals surface area (Å²) in [5, 5.41) is 0. The van der Waals surface area contributed by atoms with Crippen LogP contribution in [-0.2, 0) is 45.3 Å². The van der Waals surface area contributed by atoms with Crippen molar-refractivity contribution in [2.75, 3.05) is 0 Å². The standard InChI is InChI=1S/C50H62OS/c1-13-37-29-35(27-33(3)39-17-19-41-43(31-39)49(9,10)25-23-47(41,5)6)15-21-45(37)52(51)46-22-16-36(30-38(46)14-2)28-34(4)40-18-20-42-44(32-40)50(11,12)26-24-48(42,7)8/h15-22,27-32H,13-14,23-26H2,1-12H3. The van der Waals surface area contributed by atoms with Gasteiger partial charge >= 0.3 is 0 Å². The first kappa shape index (κ1) is 38.2. The van der Waals surface area contributed by atoms with Crippen LogP contribution in [0, 0.1) is 0 Å². The molecule has 0 spiro atoms. The maximum Gasteiger partial charge on any atom is 0.0855 e. The van der Waals surface area contributed by atoms with Crippen LogP contribution in [0.15, 0.2) is 82.6 Å². The molecule has 0 saturated heterocycles. The van der Waals surface area contributed by atoms with E-state index < -0.39 is 10.8 Å². The lowest BCUT2D eigenvalue weighted by Gasteiger charge is -2.42. The van der Waals surface area contributed by atoms with Crippen molar-refractivity contribution >= 4 is 34.1 Å². The summed E-state index contributed by atoms with van der Waals surface area (Å²) in [4.78, 5) is 1.84. The molecule has 2 aliphatic rings. The van der Waals surface area contributed by atoms with Crippen molar-refractivity contribution in [3.63, 3.8) is 0 Å². The second-order valence-electron chi connectivity index (χ2n) is 18.4. The molecule has 4 aromatic rings. The number of hydrogen-bond acceptors (Lipinski definition) is 1. The highest BCUT2D eigenvalue weighted by molar-refractivity contribution is 7.85. The monoisotopic (exact) mass is 710 g/mol. The van der Waals surface area contributed by atoms with Crippen LogP contribution in [-0.4, -0.2) is 4.21 Å². The summed E-state index contributed by atoms with van der Waals surface area (Å²) >= 11 is 0. The smallest absolute Gasteiger partial charge is 0.0855 e.